The smallest absolute Gasteiger partial charge is 0.160 e. The van der Waals surface area contributed by atoms with E-state index in [0.717, 1.165) is 33.3 Å². The van der Waals surface area contributed by atoms with Crippen molar-refractivity contribution in [1.29, 1.82) is 0 Å². The molecular formula is C38H24N2. The number of nitrogens with zero attached hydrogens (tertiary/aromatic N) is 2. The molecule has 0 fully saturated rings. The van der Waals surface area contributed by atoms with Gasteiger partial charge in [-0.3, -0.25) is 0 Å². The summed E-state index contributed by atoms with van der Waals surface area (Å²) < 4.78 is 0. The molecule has 1 aromatic heterocycles. The largest absolute Gasteiger partial charge is 0.236 e. The molecule has 0 unspecified atom stereocenters. The van der Waals surface area contributed by atoms with Crippen LogP contribution in [0.1, 0.15) is 0 Å². The lowest BCUT2D eigenvalue weighted by atomic mass is 9.87. The maximum Gasteiger partial charge on any atom is 0.160 e. The second-order valence-corrected chi connectivity index (χ2v) is 10.3. The minimum Gasteiger partial charge on any atom is -0.236 e. The van der Waals surface area contributed by atoms with Crippen LogP contribution in [0, 0.1) is 0 Å². The first-order chi connectivity index (χ1) is 19.8. The Hall–Kier alpha value is -5.34. The Morgan fingerprint density at radius 3 is 1.45 bits per heavy atom. The van der Waals surface area contributed by atoms with Gasteiger partial charge in [-0.1, -0.05) is 115 Å². The van der Waals surface area contributed by atoms with Gasteiger partial charge in [-0.15, -0.1) is 0 Å². The van der Waals surface area contributed by atoms with E-state index >= 15 is 0 Å². The number of fused-ring (bicyclic) bond motifs is 4. The highest BCUT2D eigenvalue weighted by molar-refractivity contribution is 6.21. The van der Waals surface area contributed by atoms with E-state index in [4.69, 9.17) is 9.97 Å². The molecule has 0 saturated carbocycles. The number of aromatic nitrogens is 2. The molecule has 0 aliphatic carbocycles. The Morgan fingerprint density at radius 1 is 0.325 bits per heavy atom. The second-order valence-electron chi connectivity index (χ2n) is 10.3. The van der Waals surface area contributed by atoms with Crippen LogP contribution in [0.3, 0.4) is 0 Å². The van der Waals surface area contributed by atoms with Crippen molar-refractivity contribution in [3.8, 4) is 33.6 Å². The zero-order valence-corrected chi connectivity index (χ0v) is 21.8. The molecule has 7 aromatic carbocycles. The topological polar surface area (TPSA) is 25.8 Å². The molecule has 0 bridgehead atoms. The minimum absolute atomic E-state index is 0.739. The van der Waals surface area contributed by atoms with Crippen molar-refractivity contribution in [3.63, 3.8) is 0 Å². The molecule has 0 aliphatic rings. The Kier molecular flexibility index (Phi) is 5.17. The normalized spacial score (nSPS) is 11.5. The molecule has 0 N–H and O–H groups in total. The van der Waals surface area contributed by atoms with Gasteiger partial charge in [0.15, 0.2) is 5.82 Å². The SMILES string of the molecule is c1ccc(-c2cnc(-c3c4ccccc4c(-c4ccc5cc6ccccc6cc5c4)c4ccccc34)nc2)cc1. The second kappa shape index (κ2) is 9.14. The first kappa shape index (κ1) is 22.6. The maximum absolute atomic E-state index is 4.89. The molecular weight excluding hydrogens is 484 g/mol. The summed E-state index contributed by atoms with van der Waals surface area (Å²) in [6.07, 6.45) is 3.87. The van der Waals surface area contributed by atoms with Crippen molar-refractivity contribution in [2.24, 2.45) is 0 Å². The summed E-state index contributed by atoms with van der Waals surface area (Å²) in [5, 5.41) is 9.73. The van der Waals surface area contributed by atoms with Crippen molar-refractivity contribution in [3.05, 3.63) is 146 Å². The number of rotatable bonds is 3. The van der Waals surface area contributed by atoms with Gasteiger partial charge in [-0.05, 0) is 78.0 Å². The van der Waals surface area contributed by atoms with Gasteiger partial charge < -0.3 is 0 Å². The third kappa shape index (κ3) is 3.65. The van der Waals surface area contributed by atoms with Crippen LogP contribution in [-0.4, -0.2) is 9.97 Å². The average molecular weight is 509 g/mol. The highest BCUT2D eigenvalue weighted by Gasteiger charge is 2.18. The average Bonchev–Trinajstić information content (AvgIpc) is 3.03. The monoisotopic (exact) mass is 508 g/mol. The van der Waals surface area contributed by atoms with Crippen LogP contribution in [0.5, 0.6) is 0 Å². The zero-order chi connectivity index (χ0) is 26.5. The van der Waals surface area contributed by atoms with E-state index in [-0.39, 0.29) is 0 Å². The van der Waals surface area contributed by atoms with Crippen LogP contribution in [0.2, 0.25) is 0 Å². The predicted octanol–water partition coefficient (Wildman–Crippen LogP) is 10.1. The van der Waals surface area contributed by atoms with Crippen LogP contribution in [0.15, 0.2) is 146 Å². The van der Waals surface area contributed by atoms with Gasteiger partial charge in [-0.25, -0.2) is 9.97 Å². The third-order valence-electron chi connectivity index (χ3n) is 7.91. The van der Waals surface area contributed by atoms with Crippen molar-refractivity contribution in [2.45, 2.75) is 0 Å². The summed E-state index contributed by atoms with van der Waals surface area (Å²) in [4.78, 5) is 9.77. The molecule has 0 amide bonds. The number of hydrogen-bond donors (Lipinski definition) is 0. The third-order valence-corrected chi connectivity index (χ3v) is 7.91. The molecule has 186 valence electrons. The fourth-order valence-corrected chi connectivity index (χ4v) is 6.01. The van der Waals surface area contributed by atoms with Crippen LogP contribution < -0.4 is 0 Å². The van der Waals surface area contributed by atoms with Crippen LogP contribution in [0.4, 0.5) is 0 Å². The van der Waals surface area contributed by atoms with E-state index in [2.05, 4.69) is 115 Å². The van der Waals surface area contributed by atoms with Gasteiger partial charge in [0, 0.05) is 23.5 Å². The fraction of sp³-hybridized carbons (Fsp3) is 0. The van der Waals surface area contributed by atoms with Gasteiger partial charge >= 0.3 is 0 Å². The summed E-state index contributed by atoms with van der Waals surface area (Å²) in [5.74, 6) is 0.739. The van der Waals surface area contributed by atoms with Crippen molar-refractivity contribution in [1.82, 2.24) is 9.97 Å². The predicted molar refractivity (Wildman–Crippen MR) is 168 cm³/mol. The Labute approximate surface area is 232 Å². The molecule has 0 saturated heterocycles. The van der Waals surface area contributed by atoms with Gasteiger partial charge in [-0.2, -0.15) is 0 Å². The Morgan fingerprint density at radius 2 is 0.825 bits per heavy atom. The molecule has 8 rings (SSSR count). The van der Waals surface area contributed by atoms with Gasteiger partial charge in [0.1, 0.15) is 0 Å². The summed E-state index contributed by atoms with van der Waals surface area (Å²) in [6.45, 7) is 0. The molecule has 8 aromatic rings. The van der Waals surface area contributed by atoms with E-state index < -0.39 is 0 Å². The van der Waals surface area contributed by atoms with E-state index in [1.807, 2.05) is 30.6 Å². The minimum atomic E-state index is 0.739. The molecule has 40 heavy (non-hydrogen) atoms. The van der Waals surface area contributed by atoms with Gasteiger partial charge in [0.25, 0.3) is 0 Å². The highest BCUT2D eigenvalue weighted by atomic mass is 14.9. The van der Waals surface area contributed by atoms with Crippen LogP contribution in [-0.2, 0) is 0 Å². The summed E-state index contributed by atoms with van der Waals surface area (Å²) in [7, 11) is 0. The van der Waals surface area contributed by atoms with E-state index in [1.165, 1.54) is 43.4 Å². The first-order valence-corrected chi connectivity index (χ1v) is 13.6. The zero-order valence-electron chi connectivity index (χ0n) is 21.8. The molecule has 0 spiro atoms. The quantitative estimate of drug-likeness (QED) is 0.222. The molecule has 2 nitrogen and oxygen atoms in total. The Bertz CT molecular complexity index is 2140. The maximum atomic E-state index is 4.89. The number of benzene rings is 7. The molecule has 2 heteroatoms. The summed E-state index contributed by atoms with van der Waals surface area (Å²) in [6, 6.07) is 47.6. The first-order valence-electron chi connectivity index (χ1n) is 13.6. The van der Waals surface area contributed by atoms with Crippen molar-refractivity contribution < 1.29 is 0 Å². The van der Waals surface area contributed by atoms with E-state index in [0.29, 0.717) is 0 Å². The summed E-state index contributed by atoms with van der Waals surface area (Å²) >= 11 is 0. The standard InChI is InChI=1S/C38H24N2/c1-2-10-25(11-3-1)31-23-39-38(40-24-31)37-34-16-8-6-14-32(34)36(33-15-7-9-17-35(33)37)29-19-18-28-20-26-12-4-5-13-27(26)21-30(28)22-29/h1-24H. The van der Waals surface area contributed by atoms with E-state index in [1.54, 1.807) is 0 Å². The van der Waals surface area contributed by atoms with Crippen LogP contribution in [0.25, 0.3) is 76.7 Å². The highest BCUT2D eigenvalue weighted by Crippen LogP contribution is 2.43. The van der Waals surface area contributed by atoms with Gasteiger partial charge in [0.05, 0.1) is 0 Å². The molecule has 1 heterocycles. The fourth-order valence-electron chi connectivity index (χ4n) is 6.01. The lowest BCUT2D eigenvalue weighted by Gasteiger charge is -2.17. The van der Waals surface area contributed by atoms with Crippen molar-refractivity contribution in [2.75, 3.05) is 0 Å². The lowest BCUT2D eigenvalue weighted by molar-refractivity contribution is 1.19. The van der Waals surface area contributed by atoms with Gasteiger partial charge in [0.2, 0.25) is 0 Å². The van der Waals surface area contributed by atoms with Crippen LogP contribution >= 0.6 is 0 Å². The molecule has 0 atom stereocenters. The lowest BCUT2D eigenvalue weighted by Crippen LogP contribution is -1.95. The number of hydrogen-bond acceptors (Lipinski definition) is 2. The van der Waals surface area contributed by atoms with E-state index in [9.17, 15) is 0 Å². The molecule has 0 aliphatic heterocycles. The van der Waals surface area contributed by atoms with Crippen molar-refractivity contribution >= 4 is 43.1 Å². The summed E-state index contributed by atoms with van der Waals surface area (Å²) in [5.41, 5.74) is 5.65. The molecule has 0 radical (unpaired) electrons. The Balaban J connectivity index is 1.38.